The van der Waals surface area contributed by atoms with Gasteiger partial charge in [-0.3, -0.25) is 0 Å². The fourth-order valence-electron chi connectivity index (χ4n) is 1.51. The van der Waals surface area contributed by atoms with Crippen molar-refractivity contribution in [1.29, 1.82) is 0 Å². The lowest BCUT2D eigenvalue weighted by Crippen LogP contribution is -2.21. The molecule has 0 aliphatic carbocycles. The lowest BCUT2D eigenvalue weighted by molar-refractivity contribution is -0.0859. The molecular weight excluding hydrogens is 150 g/mol. The Balaban J connectivity index is 2.73. The van der Waals surface area contributed by atoms with Crippen LogP contribution in [0.4, 0.5) is 0 Å². The summed E-state index contributed by atoms with van der Waals surface area (Å²) < 4.78 is 0. The van der Waals surface area contributed by atoms with Gasteiger partial charge in [0.05, 0.1) is 6.54 Å². The topological polar surface area (TPSA) is 12.5 Å². The third-order valence-corrected chi connectivity index (χ3v) is 2.28. The van der Waals surface area contributed by atoms with Crippen LogP contribution in [0.25, 0.3) is 0 Å². The summed E-state index contributed by atoms with van der Waals surface area (Å²) >= 11 is 0. The Labute approximate surface area is 75.2 Å². The van der Waals surface area contributed by atoms with Crippen molar-refractivity contribution >= 4 is 0 Å². The largest absolute Gasteiger partial charge is 0.410 e. The summed E-state index contributed by atoms with van der Waals surface area (Å²) in [5, 5.41) is 2.00. The molecule has 0 fully saturated rings. The van der Waals surface area contributed by atoms with Crippen molar-refractivity contribution in [3.63, 3.8) is 0 Å². The molecule has 1 aliphatic rings. The van der Waals surface area contributed by atoms with E-state index >= 15 is 0 Å². The van der Waals surface area contributed by atoms with Crippen molar-refractivity contribution in [1.82, 2.24) is 5.06 Å². The van der Waals surface area contributed by atoms with Crippen molar-refractivity contribution in [2.75, 3.05) is 13.1 Å². The highest BCUT2D eigenvalue weighted by Crippen LogP contribution is 2.33. The van der Waals surface area contributed by atoms with E-state index in [1.165, 1.54) is 5.57 Å². The van der Waals surface area contributed by atoms with Gasteiger partial charge in [0.15, 0.2) is 0 Å². The van der Waals surface area contributed by atoms with Gasteiger partial charge in [0.1, 0.15) is 5.76 Å². The highest BCUT2D eigenvalue weighted by Gasteiger charge is 2.28. The molecule has 0 bridgehead atoms. The van der Waals surface area contributed by atoms with E-state index in [0.29, 0.717) is 0 Å². The number of nitrogens with zero attached hydrogens (tertiary/aromatic N) is 1. The van der Waals surface area contributed by atoms with Crippen molar-refractivity contribution < 1.29 is 4.84 Å². The first-order valence-electron chi connectivity index (χ1n) is 4.58. The van der Waals surface area contributed by atoms with Gasteiger partial charge in [-0.15, -0.1) is 5.06 Å². The average molecular weight is 169 g/mol. The molecule has 0 aromatic carbocycles. The fraction of sp³-hybridized carbons (Fsp3) is 0.800. The van der Waals surface area contributed by atoms with Crippen LogP contribution in [0.3, 0.4) is 0 Å². The summed E-state index contributed by atoms with van der Waals surface area (Å²) in [5.41, 5.74) is 1.66. The van der Waals surface area contributed by atoms with Crippen LogP contribution in [-0.4, -0.2) is 18.2 Å². The third-order valence-electron chi connectivity index (χ3n) is 2.28. The van der Waals surface area contributed by atoms with Gasteiger partial charge in [0.25, 0.3) is 0 Å². The SMILES string of the molecule is CCN1CC(C(C)(C)C)=C(C)O1. The van der Waals surface area contributed by atoms with Gasteiger partial charge in [-0.25, -0.2) is 0 Å². The van der Waals surface area contributed by atoms with Gasteiger partial charge in [0.2, 0.25) is 0 Å². The summed E-state index contributed by atoms with van der Waals surface area (Å²) in [6.45, 7) is 12.8. The standard InChI is InChI=1S/C10H19NO/c1-6-11-7-9(8(2)12-11)10(3,4)5/h6-7H2,1-5H3. The molecule has 1 heterocycles. The first kappa shape index (κ1) is 9.59. The number of hydrogen-bond donors (Lipinski definition) is 0. The molecule has 0 aromatic heterocycles. The molecular formula is C10H19NO. The monoisotopic (exact) mass is 169 g/mol. The predicted octanol–water partition coefficient (Wildman–Crippen LogP) is 2.57. The van der Waals surface area contributed by atoms with Crippen LogP contribution < -0.4 is 0 Å². The molecule has 0 radical (unpaired) electrons. The van der Waals surface area contributed by atoms with Crippen molar-refractivity contribution in [2.45, 2.75) is 34.6 Å². The fourth-order valence-corrected chi connectivity index (χ4v) is 1.51. The van der Waals surface area contributed by atoms with E-state index in [0.717, 1.165) is 18.8 Å². The normalized spacial score (nSPS) is 20.1. The number of hydroxylamine groups is 2. The summed E-state index contributed by atoms with van der Waals surface area (Å²) in [6, 6.07) is 0. The highest BCUT2D eigenvalue weighted by molar-refractivity contribution is 5.18. The van der Waals surface area contributed by atoms with Crippen LogP contribution >= 0.6 is 0 Å². The van der Waals surface area contributed by atoms with Gasteiger partial charge in [0, 0.05) is 6.54 Å². The molecule has 12 heavy (non-hydrogen) atoms. The van der Waals surface area contributed by atoms with Gasteiger partial charge in [-0.05, 0) is 24.8 Å². The first-order valence-corrected chi connectivity index (χ1v) is 4.58. The number of rotatable bonds is 1. The summed E-state index contributed by atoms with van der Waals surface area (Å²) in [7, 11) is 0. The van der Waals surface area contributed by atoms with Crippen molar-refractivity contribution in [2.24, 2.45) is 5.41 Å². The Morgan fingerprint density at radius 1 is 1.42 bits per heavy atom. The Morgan fingerprint density at radius 2 is 2.00 bits per heavy atom. The molecule has 0 aromatic rings. The van der Waals surface area contributed by atoms with Gasteiger partial charge < -0.3 is 4.84 Å². The number of allylic oxidation sites excluding steroid dienone is 1. The highest BCUT2D eigenvalue weighted by atomic mass is 16.7. The molecule has 0 amide bonds. The minimum atomic E-state index is 0.244. The molecule has 1 aliphatic heterocycles. The zero-order valence-electron chi connectivity index (χ0n) is 8.77. The van der Waals surface area contributed by atoms with Crippen LogP contribution in [0.2, 0.25) is 0 Å². The minimum Gasteiger partial charge on any atom is -0.410 e. The van der Waals surface area contributed by atoms with E-state index in [4.69, 9.17) is 4.84 Å². The van der Waals surface area contributed by atoms with E-state index in [2.05, 4.69) is 34.6 Å². The van der Waals surface area contributed by atoms with Crippen LogP contribution in [0, 0.1) is 5.41 Å². The molecule has 0 saturated carbocycles. The van der Waals surface area contributed by atoms with E-state index in [1.54, 1.807) is 0 Å². The van der Waals surface area contributed by atoms with Crippen molar-refractivity contribution in [3.05, 3.63) is 11.3 Å². The Bertz CT molecular complexity index is 200. The second-order valence-corrected chi connectivity index (χ2v) is 4.33. The van der Waals surface area contributed by atoms with Gasteiger partial charge in [-0.2, -0.15) is 0 Å². The molecule has 0 atom stereocenters. The van der Waals surface area contributed by atoms with Crippen LogP contribution in [-0.2, 0) is 4.84 Å². The van der Waals surface area contributed by atoms with Crippen LogP contribution in [0.15, 0.2) is 11.3 Å². The lowest BCUT2D eigenvalue weighted by atomic mass is 9.86. The summed E-state index contributed by atoms with van der Waals surface area (Å²) in [6.07, 6.45) is 0. The molecule has 70 valence electrons. The van der Waals surface area contributed by atoms with Gasteiger partial charge >= 0.3 is 0 Å². The lowest BCUT2D eigenvalue weighted by Gasteiger charge is -2.19. The van der Waals surface area contributed by atoms with E-state index in [1.807, 2.05) is 5.06 Å². The number of hydrogen-bond acceptors (Lipinski definition) is 2. The molecule has 1 rings (SSSR count). The molecule has 0 saturated heterocycles. The molecule has 0 unspecified atom stereocenters. The van der Waals surface area contributed by atoms with E-state index in [9.17, 15) is 0 Å². The first-order chi connectivity index (χ1) is 5.45. The van der Waals surface area contributed by atoms with Gasteiger partial charge in [-0.1, -0.05) is 20.8 Å². The quantitative estimate of drug-likeness (QED) is 0.598. The van der Waals surface area contributed by atoms with E-state index in [-0.39, 0.29) is 5.41 Å². The Morgan fingerprint density at radius 3 is 2.25 bits per heavy atom. The smallest absolute Gasteiger partial charge is 0.122 e. The zero-order valence-corrected chi connectivity index (χ0v) is 8.77. The maximum Gasteiger partial charge on any atom is 0.122 e. The Hall–Kier alpha value is -0.500. The summed E-state index contributed by atoms with van der Waals surface area (Å²) in [5.74, 6) is 1.09. The van der Waals surface area contributed by atoms with E-state index < -0.39 is 0 Å². The minimum absolute atomic E-state index is 0.244. The molecule has 0 spiro atoms. The maximum atomic E-state index is 5.56. The van der Waals surface area contributed by atoms with Crippen LogP contribution in [0.5, 0.6) is 0 Å². The van der Waals surface area contributed by atoms with Crippen molar-refractivity contribution in [3.8, 4) is 0 Å². The molecule has 2 nitrogen and oxygen atoms in total. The zero-order chi connectivity index (χ0) is 9.35. The second kappa shape index (κ2) is 3.09. The maximum absolute atomic E-state index is 5.56. The average Bonchev–Trinajstić information content (AvgIpc) is 2.29. The second-order valence-electron chi connectivity index (χ2n) is 4.33. The molecule has 0 N–H and O–H groups in total. The molecule has 2 heteroatoms. The third kappa shape index (κ3) is 1.81. The predicted molar refractivity (Wildman–Crippen MR) is 50.5 cm³/mol. The Kier molecular flexibility index (Phi) is 2.47. The van der Waals surface area contributed by atoms with Crippen LogP contribution in [0.1, 0.15) is 34.6 Å². The summed E-state index contributed by atoms with van der Waals surface area (Å²) in [4.78, 5) is 5.56. The number of likely N-dealkylation sites (N-methyl/N-ethyl adjacent to an activating group) is 1.